The quantitative estimate of drug-likeness (QED) is 0.125. The van der Waals surface area contributed by atoms with E-state index in [4.69, 9.17) is 30.5 Å². The molecule has 3 amide bonds. The molecule has 0 aromatic heterocycles. The molecule has 0 spiro atoms. The van der Waals surface area contributed by atoms with E-state index in [1.54, 1.807) is 44.2 Å². The molecule has 4 rings (SSSR count). The van der Waals surface area contributed by atoms with Crippen molar-refractivity contribution in [2.45, 2.75) is 33.4 Å². The molecule has 3 aromatic rings. The topological polar surface area (TPSA) is 137 Å². The van der Waals surface area contributed by atoms with E-state index in [-0.39, 0.29) is 24.5 Å². The van der Waals surface area contributed by atoms with Gasteiger partial charge in [-0.1, -0.05) is 47.5 Å². The Morgan fingerprint density at radius 2 is 1.82 bits per heavy atom. The maximum atomic E-state index is 12.6. The maximum absolute atomic E-state index is 12.6. The highest BCUT2D eigenvalue weighted by Gasteiger charge is 2.32. The second-order valence-electron chi connectivity index (χ2n) is 9.87. The van der Waals surface area contributed by atoms with Gasteiger partial charge >= 0.3 is 12.0 Å². The van der Waals surface area contributed by atoms with E-state index in [1.165, 1.54) is 18.9 Å². The molecular formula is C32H32BrClN4O7. The summed E-state index contributed by atoms with van der Waals surface area (Å²) in [7, 11) is 1.44. The summed E-state index contributed by atoms with van der Waals surface area (Å²) >= 11 is 9.92. The number of rotatable bonds is 12. The standard InChI is InChI=1S/C32H32BrClN4O7/c1-5-43-31(40)28-19(3)36-32(41)37-29(28)22-10-11-25(26(14-22)42-4)44-17-27(39)38-35-15-21-12-23(33)30(24(34)13-21)45-16-20-8-6-18(2)7-9-20/h6-15,29H,5,16-17H2,1-4H3,(H,38,39)(H2,36,37,41)/b35-15-/t29-/m1/s1. The van der Waals surface area contributed by atoms with Crippen LogP contribution in [0.15, 0.2) is 75.4 Å². The van der Waals surface area contributed by atoms with Gasteiger partial charge in [-0.2, -0.15) is 5.10 Å². The fourth-order valence-corrected chi connectivity index (χ4v) is 5.38. The van der Waals surface area contributed by atoms with Crippen LogP contribution in [0.5, 0.6) is 17.2 Å². The minimum absolute atomic E-state index is 0.181. The second-order valence-corrected chi connectivity index (χ2v) is 11.1. The number of nitrogens with zero attached hydrogens (tertiary/aromatic N) is 1. The molecular weight excluding hydrogens is 668 g/mol. The number of halogens is 2. The maximum Gasteiger partial charge on any atom is 0.338 e. The van der Waals surface area contributed by atoms with E-state index >= 15 is 0 Å². The van der Waals surface area contributed by atoms with Crippen LogP contribution in [-0.4, -0.2) is 44.4 Å². The van der Waals surface area contributed by atoms with Gasteiger partial charge in [-0.25, -0.2) is 15.0 Å². The van der Waals surface area contributed by atoms with E-state index < -0.39 is 23.9 Å². The van der Waals surface area contributed by atoms with E-state index in [0.29, 0.717) is 44.4 Å². The van der Waals surface area contributed by atoms with E-state index in [9.17, 15) is 14.4 Å². The normalized spacial score (nSPS) is 14.4. The number of hydrogen-bond donors (Lipinski definition) is 3. The predicted octanol–water partition coefficient (Wildman–Crippen LogP) is 5.72. The first kappa shape index (κ1) is 33.3. The molecule has 0 saturated heterocycles. The number of ether oxygens (including phenoxy) is 4. The molecule has 0 fully saturated rings. The highest BCUT2D eigenvalue weighted by atomic mass is 79.9. The molecule has 3 N–H and O–H groups in total. The van der Waals surface area contributed by atoms with E-state index in [2.05, 4.69) is 37.1 Å². The van der Waals surface area contributed by atoms with Gasteiger partial charge in [-0.3, -0.25) is 4.79 Å². The van der Waals surface area contributed by atoms with Crippen LogP contribution in [0.3, 0.4) is 0 Å². The number of nitrogens with one attached hydrogen (secondary N) is 3. The lowest BCUT2D eigenvalue weighted by atomic mass is 9.95. The lowest BCUT2D eigenvalue weighted by molar-refractivity contribution is -0.139. The molecule has 1 aliphatic rings. The summed E-state index contributed by atoms with van der Waals surface area (Å²) in [5, 5.41) is 9.69. The largest absolute Gasteiger partial charge is 0.493 e. The zero-order valence-electron chi connectivity index (χ0n) is 25.0. The smallest absolute Gasteiger partial charge is 0.338 e. The van der Waals surface area contributed by atoms with E-state index in [1.807, 2.05) is 31.2 Å². The van der Waals surface area contributed by atoms with Crippen molar-refractivity contribution >= 4 is 51.7 Å². The molecule has 13 heteroatoms. The highest BCUT2D eigenvalue weighted by molar-refractivity contribution is 9.10. The third kappa shape index (κ3) is 8.77. The number of amides is 3. The van der Waals surface area contributed by atoms with Gasteiger partial charge in [-0.15, -0.1) is 0 Å². The first-order valence-corrected chi connectivity index (χ1v) is 15.0. The third-order valence-electron chi connectivity index (χ3n) is 6.57. The van der Waals surface area contributed by atoms with Crippen LogP contribution in [0.25, 0.3) is 0 Å². The Morgan fingerprint density at radius 3 is 2.51 bits per heavy atom. The van der Waals surface area contributed by atoms with Gasteiger partial charge in [0, 0.05) is 5.70 Å². The van der Waals surface area contributed by atoms with Crippen LogP contribution in [0.2, 0.25) is 5.02 Å². The van der Waals surface area contributed by atoms with Gasteiger partial charge in [0.2, 0.25) is 0 Å². The summed E-state index contributed by atoms with van der Waals surface area (Å²) in [6.45, 7) is 5.52. The van der Waals surface area contributed by atoms with Crippen molar-refractivity contribution < 1.29 is 33.3 Å². The number of carbonyl (C=O) groups is 3. The Labute approximate surface area is 274 Å². The molecule has 1 atom stereocenters. The van der Waals surface area contributed by atoms with Gasteiger partial charge in [0.05, 0.1) is 41.0 Å². The Kier molecular flexibility index (Phi) is 11.4. The molecule has 0 unspecified atom stereocenters. The van der Waals surface area contributed by atoms with Crippen LogP contribution >= 0.6 is 27.5 Å². The van der Waals surface area contributed by atoms with Gasteiger partial charge in [0.15, 0.2) is 23.9 Å². The number of aryl methyl sites for hydroxylation is 1. The molecule has 0 aliphatic carbocycles. The summed E-state index contributed by atoms with van der Waals surface area (Å²) < 4.78 is 22.8. The molecule has 45 heavy (non-hydrogen) atoms. The third-order valence-corrected chi connectivity index (χ3v) is 7.44. The first-order valence-electron chi connectivity index (χ1n) is 13.8. The monoisotopic (exact) mass is 698 g/mol. The average Bonchev–Trinajstić information content (AvgIpc) is 3.00. The summed E-state index contributed by atoms with van der Waals surface area (Å²) in [5.74, 6) is -0.00871. The Hall–Kier alpha value is -4.55. The van der Waals surface area contributed by atoms with Gasteiger partial charge < -0.3 is 29.6 Å². The molecule has 1 heterocycles. The molecule has 1 aliphatic heterocycles. The van der Waals surface area contributed by atoms with Crippen molar-refractivity contribution in [2.75, 3.05) is 20.3 Å². The lowest BCUT2D eigenvalue weighted by Gasteiger charge is -2.28. The number of hydrazone groups is 1. The molecule has 3 aromatic carbocycles. The molecule has 0 radical (unpaired) electrons. The number of allylic oxidation sites excluding steroid dienone is 1. The lowest BCUT2D eigenvalue weighted by Crippen LogP contribution is -2.45. The number of esters is 1. The van der Waals surface area contributed by atoms with Crippen molar-refractivity contribution in [3.63, 3.8) is 0 Å². The summed E-state index contributed by atoms with van der Waals surface area (Å²) in [6, 6.07) is 15.1. The van der Waals surface area contributed by atoms with E-state index in [0.717, 1.165) is 5.56 Å². The van der Waals surface area contributed by atoms with Crippen molar-refractivity contribution in [1.82, 2.24) is 16.1 Å². The fourth-order valence-electron chi connectivity index (χ4n) is 4.39. The van der Waals surface area contributed by atoms with Gasteiger partial charge in [0.25, 0.3) is 5.91 Å². The Balaban J connectivity index is 1.35. The van der Waals surface area contributed by atoms with Crippen molar-refractivity contribution in [1.29, 1.82) is 0 Å². The number of urea groups is 1. The number of benzene rings is 3. The first-order chi connectivity index (χ1) is 21.6. The predicted molar refractivity (Wildman–Crippen MR) is 173 cm³/mol. The van der Waals surface area contributed by atoms with Crippen LogP contribution in [0.4, 0.5) is 4.79 Å². The van der Waals surface area contributed by atoms with Gasteiger partial charge in [0.1, 0.15) is 6.61 Å². The fraction of sp³-hybridized carbons (Fsp3) is 0.250. The number of carbonyl (C=O) groups excluding carboxylic acids is 3. The summed E-state index contributed by atoms with van der Waals surface area (Å²) in [6.07, 6.45) is 1.44. The van der Waals surface area contributed by atoms with Crippen LogP contribution < -0.4 is 30.3 Å². The molecule has 0 bridgehead atoms. The van der Waals surface area contributed by atoms with Crippen LogP contribution in [0, 0.1) is 6.92 Å². The van der Waals surface area contributed by atoms with Crippen molar-refractivity contribution in [3.05, 3.63) is 97.6 Å². The number of methoxy groups -OCH3 is 1. The average molecular weight is 700 g/mol. The minimum atomic E-state index is -0.777. The van der Waals surface area contributed by atoms with Crippen LogP contribution in [-0.2, 0) is 20.9 Å². The zero-order chi connectivity index (χ0) is 32.5. The summed E-state index contributed by atoms with van der Waals surface area (Å²) in [5.41, 5.74) is 6.43. The second kappa shape index (κ2) is 15.4. The Bertz CT molecular complexity index is 1620. The highest BCUT2D eigenvalue weighted by Crippen LogP contribution is 2.36. The SMILES string of the molecule is CCOC(=O)C1=C(C)NC(=O)N[C@@H]1c1ccc(OCC(=O)N/N=C\c2cc(Cl)c(OCc3ccc(C)cc3)c(Br)c2)c(OC)c1. The molecule has 11 nitrogen and oxygen atoms in total. The minimum Gasteiger partial charge on any atom is -0.493 e. The van der Waals surface area contributed by atoms with Crippen molar-refractivity contribution in [3.8, 4) is 17.2 Å². The van der Waals surface area contributed by atoms with Gasteiger partial charge in [-0.05, 0) is 77.7 Å². The van der Waals surface area contributed by atoms with Crippen molar-refractivity contribution in [2.24, 2.45) is 5.10 Å². The Morgan fingerprint density at radius 1 is 1.07 bits per heavy atom. The summed E-state index contributed by atoms with van der Waals surface area (Å²) in [4.78, 5) is 37.2. The number of hydrogen-bond acceptors (Lipinski definition) is 8. The zero-order valence-corrected chi connectivity index (χ0v) is 27.4. The van der Waals surface area contributed by atoms with Crippen LogP contribution in [0.1, 0.15) is 42.1 Å². The molecule has 0 saturated carbocycles. The molecule has 236 valence electrons.